The van der Waals surface area contributed by atoms with E-state index in [1.807, 2.05) is 24.3 Å². The lowest BCUT2D eigenvalue weighted by molar-refractivity contribution is 0.275. The lowest BCUT2D eigenvalue weighted by Crippen LogP contribution is -1.94. The van der Waals surface area contributed by atoms with Gasteiger partial charge in [-0.15, -0.1) is 0 Å². The van der Waals surface area contributed by atoms with Crippen molar-refractivity contribution in [3.8, 4) is 0 Å². The summed E-state index contributed by atoms with van der Waals surface area (Å²) >= 11 is 5.93. The lowest BCUT2D eigenvalue weighted by atomic mass is 10.3. The van der Waals surface area contributed by atoms with Gasteiger partial charge in [0.2, 0.25) is 0 Å². The first-order valence-electron chi connectivity index (χ1n) is 4.38. The van der Waals surface area contributed by atoms with Crippen LogP contribution in [0.2, 0.25) is 5.02 Å². The maximum absolute atomic E-state index is 9.18. The Morgan fingerprint density at radius 2 is 2.21 bits per heavy atom. The summed E-state index contributed by atoms with van der Waals surface area (Å²) in [4.78, 5) is 4.37. The Kier molecular flexibility index (Phi) is 2.21. The number of imidazole rings is 1. The summed E-state index contributed by atoms with van der Waals surface area (Å²) in [5.74, 6) is 0. The average Bonchev–Trinajstić information content (AvgIpc) is 2.41. The van der Waals surface area contributed by atoms with E-state index in [1.165, 1.54) is 0 Å². The molecule has 0 aliphatic heterocycles. The van der Waals surface area contributed by atoms with Crippen LogP contribution in [-0.2, 0) is 6.61 Å². The molecule has 2 rings (SSSR count). The molecule has 1 N–H and O–H groups in total. The number of aryl methyl sites for hydroxylation is 2. The molecule has 2 aromatic heterocycles. The molecule has 74 valence electrons. The lowest BCUT2D eigenvalue weighted by Gasteiger charge is -2.01. The molecule has 0 spiro atoms. The Labute approximate surface area is 87.0 Å². The highest BCUT2D eigenvalue weighted by atomic mass is 35.5. The molecule has 0 amide bonds. The number of rotatable bonds is 1. The first kappa shape index (κ1) is 9.49. The van der Waals surface area contributed by atoms with E-state index in [1.54, 1.807) is 6.20 Å². The van der Waals surface area contributed by atoms with E-state index in [2.05, 4.69) is 4.98 Å². The fourth-order valence-corrected chi connectivity index (χ4v) is 1.88. The van der Waals surface area contributed by atoms with Gasteiger partial charge in [0.05, 0.1) is 23.0 Å². The smallest absolute Gasteiger partial charge is 0.140 e. The van der Waals surface area contributed by atoms with Crippen molar-refractivity contribution < 1.29 is 5.11 Å². The second kappa shape index (κ2) is 3.26. The number of pyridine rings is 1. The molecule has 0 aromatic carbocycles. The number of aliphatic hydroxyl groups is 1. The molecule has 0 atom stereocenters. The second-order valence-electron chi connectivity index (χ2n) is 3.34. The fourth-order valence-electron chi connectivity index (χ4n) is 1.62. The number of aromatic nitrogens is 2. The van der Waals surface area contributed by atoms with E-state index in [4.69, 9.17) is 11.6 Å². The molecular weight excluding hydrogens is 200 g/mol. The molecule has 0 unspecified atom stereocenters. The Bertz CT molecular complexity index is 490. The van der Waals surface area contributed by atoms with Crippen LogP contribution in [-0.4, -0.2) is 14.5 Å². The van der Waals surface area contributed by atoms with Crippen molar-refractivity contribution in [3.63, 3.8) is 0 Å². The van der Waals surface area contributed by atoms with Crippen molar-refractivity contribution >= 4 is 17.2 Å². The number of fused-ring (bicyclic) bond motifs is 1. The standard InChI is InChI=1S/C10H11ClN2O/c1-6-3-8(11)4-13-9(5-14)7(2)12-10(6)13/h3-4,14H,5H2,1-2H3. The Morgan fingerprint density at radius 1 is 1.50 bits per heavy atom. The second-order valence-corrected chi connectivity index (χ2v) is 3.77. The number of hydrogen-bond donors (Lipinski definition) is 1. The van der Waals surface area contributed by atoms with Gasteiger partial charge in [-0.2, -0.15) is 0 Å². The minimum absolute atomic E-state index is 0.0210. The molecule has 4 heteroatoms. The number of aliphatic hydroxyl groups excluding tert-OH is 1. The van der Waals surface area contributed by atoms with Crippen molar-refractivity contribution in [1.82, 2.24) is 9.38 Å². The average molecular weight is 211 g/mol. The van der Waals surface area contributed by atoms with Crippen LogP contribution in [0.25, 0.3) is 5.65 Å². The highest BCUT2D eigenvalue weighted by Crippen LogP contribution is 2.19. The van der Waals surface area contributed by atoms with Gasteiger partial charge in [-0.05, 0) is 25.5 Å². The first-order valence-corrected chi connectivity index (χ1v) is 4.76. The SMILES string of the molecule is Cc1nc2c(C)cc(Cl)cn2c1CO. The highest BCUT2D eigenvalue weighted by Gasteiger charge is 2.09. The molecule has 2 heterocycles. The van der Waals surface area contributed by atoms with Gasteiger partial charge in [0.1, 0.15) is 5.65 Å². The molecule has 0 aliphatic carbocycles. The third-order valence-electron chi connectivity index (χ3n) is 2.32. The summed E-state index contributed by atoms with van der Waals surface area (Å²) in [7, 11) is 0. The highest BCUT2D eigenvalue weighted by molar-refractivity contribution is 6.30. The van der Waals surface area contributed by atoms with E-state index in [0.717, 1.165) is 22.6 Å². The minimum atomic E-state index is -0.0210. The van der Waals surface area contributed by atoms with Crippen LogP contribution in [0.3, 0.4) is 0 Å². The van der Waals surface area contributed by atoms with Gasteiger partial charge in [0.25, 0.3) is 0 Å². The Morgan fingerprint density at radius 3 is 2.86 bits per heavy atom. The third-order valence-corrected chi connectivity index (χ3v) is 2.53. The van der Waals surface area contributed by atoms with E-state index in [-0.39, 0.29) is 6.61 Å². The zero-order chi connectivity index (χ0) is 10.3. The van der Waals surface area contributed by atoms with E-state index >= 15 is 0 Å². The van der Waals surface area contributed by atoms with Gasteiger partial charge in [-0.1, -0.05) is 11.6 Å². The molecule has 3 nitrogen and oxygen atoms in total. The molecular formula is C10H11ClN2O. The summed E-state index contributed by atoms with van der Waals surface area (Å²) in [6.07, 6.45) is 1.77. The molecule has 0 saturated heterocycles. The molecule has 0 fully saturated rings. The predicted molar refractivity (Wildman–Crippen MR) is 55.6 cm³/mol. The van der Waals surface area contributed by atoms with Crippen LogP contribution in [0, 0.1) is 13.8 Å². The number of nitrogens with zero attached hydrogens (tertiary/aromatic N) is 2. The third kappa shape index (κ3) is 1.29. The quantitative estimate of drug-likeness (QED) is 0.783. The van der Waals surface area contributed by atoms with Crippen LogP contribution in [0.4, 0.5) is 0 Å². The summed E-state index contributed by atoms with van der Waals surface area (Å²) in [5, 5.41) is 9.84. The van der Waals surface area contributed by atoms with Gasteiger partial charge < -0.3 is 5.11 Å². The zero-order valence-electron chi connectivity index (χ0n) is 8.08. The van der Waals surface area contributed by atoms with Crippen LogP contribution in [0.5, 0.6) is 0 Å². The molecule has 0 aliphatic rings. The molecule has 2 aromatic rings. The van der Waals surface area contributed by atoms with Gasteiger partial charge in [-0.25, -0.2) is 4.98 Å². The molecule has 14 heavy (non-hydrogen) atoms. The van der Waals surface area contributed by atoms with Gasteiger partial charge in [-0.3, -0.25) is 4.40 Å². The molecule has 0 saturated carbocycles. The first-order chi connectivity index (χ1) is 6.63. The van der Waals surface area contributed by atoms with Gasteiger partial charge >= 0.3 is 0 Å². The van der Waals surface area contributed by atoms with Gasteiger partial charge in [0, 0.05) is 6.20 Å². The maximum Gasteiger partial charge on any atom is 0.140 e. The van der Waals surface area contributed by atoms with Crippen molar-refractivity contribution in [2.75, 3.05) is 0 Å². The van der Waals surface area contributed by atoms with Crippen LogP contribution in [0.1, 0.15) is 17.0 Å². The van der Waals surface area contributed by atoms with E-state index in [0.29, 0.717) is 5.02 Å². The van der Waals surface area contributed by atoms with Crippen molar-refractivity contribution in [2.24, 2.45) is 0 Å². The van der Waals surface area contributed by atoms with Crippen LogP contribution in [0.15, 0.2) is 12.3 Å². The minimum Gasteiger partial charge on any atom is -0.390 e. The largest absolute Gasteiger partial charge is 0.390 e. The molecule has 0 radical (unpaired) electrons. The van der Waals surface area contributed by atoms with Crippen molar-refractivity contribution in [1.29, 1.82) is 0 Å². The summed E-state index contributed by atoms with van der Waals surface area (Å²) in [6.45, 7) is 3.81. The van der Waals surface area contributed by atoms with Crippen molar-refractivity contribution in [3.05, 3.63) is 34.2 Å². The van der Waals surface area contributed by atoms with E-state index < -0.39 is 0 Å². The summed E-state index contributed by atoms with van der Waals surface area (Å²) in [5.41, 5.74) is 3.51. The Hall–Kier alpha value is -1.06. The maximum atomic E-state index is 9.18. The van der Waals surface area contributed by atoms with Crippen LogP contribution >= 0.6 is 11.6 Å². The normalized spacial score (nSPS) is 11.1. The number of halogens is 1. The molecule has 0 bridgehead atoms. The van der Waals surface area contributed by atoms with Crippen molar-refractivity contribution in [2.45, 2.75) is 20.5 Å². The summed E-state index contributed by atoms with van der Waals surface area (Å²) < 4.78 is 1.84. The van der Waals surface area contributed by atoms with Gasteiger partial charge in [0.15, 0.2) is 0 Å². The topological polar surface area (TPSA) is 37.5 Å². The van der Waals surface area contributed by atoms with Crippen LogP contribution < -0.4 is 0 Å². The predicted octanol–water partition coefficient (Wildman–Crippen LogP) is 2.10. The number of hydrogen-bond acceptors (Lipinski definition) is 2. The monoisotopic (exact) mass is 210 g/mol. The summed E-state index contributed by atoms with van der Waals surface area (Å²) in [6, 6.07) is 1.87. The zero-order valence-corrected chi connectivity index (χ0v) is 8.84. The van der Waals surface area contributed by atoms with E-state index in [9.17, 15) is 5.11 Å². The fraction of sp³-hybridized carbons (Fsp3) is 0.300. The Balaban J connectivity index is 2.87.